The van der Waals surface area contributed by atoms with Gasteiger partial charge >= 0.3 is 0 Å². The second kappa shape index (κ2) is 4.61. The monoisotopic (exact) mass is 142 g/mol. The standard InChI is InChI=1S/C5H9F3O/c1-2-9-3-4(6)5(7)8/h4-5H,2-3H2,1H3. The van der Waals surface area contributed by atoms with E-state index in [0.717, 1.165) is 0 Å². The van der Waals surface area contributed by atoms with E-state index in [1.807, 2.05) is 0 Å². The van der Waals surface area contributed by atoms with Crippen LogP contribution in [-0.4, -0.2) is 25.8 Å². The van der Waals surface area contributed by atoms with Crippen LogP contribution in [0.3, 0.4) is 0 Å². The summed E-state index contributed by atoms with van der Waals surface area (Å²) in [5.74, 6) is 0. The van der Waals surface area contributed by atoms with Crippen molar-refractivity contribution in [1.82, 2.24) is 0 Å². The Morgan fingerprint density at radius 3 is 2.22 bits per heavy atom. The summed E-state index contributed by atoms with van der Waals surface area (Å²) in [5.41, 5.74) is 0. The predicted octanol–water partition coefficient (Wildman–Crippen LogP) is 1.63. The molecule has 0 amide bonds. The molecule has 0 aliphatic rings. The van der Waals surface area contributed by atoms with Gasteiger partial charge in [-0.25, -0.2) is 13.2 Å². The molecule has 0 aromatic carbocycles. The van der Waals surface area contributed by atoms with Gasteiger partial charge in [0.2, 0.25) is 0 Å². The molecule has 0 aliphatic heterocycles. The summed E-state index contributed by atoms with van der Waals surface area (Å²) in [5, 5.41) is 0. The van der Waals surface area contributed by atoms with Gasteiger partial charge in [-0.3, -0.25) is 0 Å². The number of hydrogen-bond acceptors (Lipinski definition) is 1. The Labute approximate surface area is 51.8 Å². The molecule has 56 valence electrons. The Morgan fingerprint density at radius 1 is 1.33 bits per heavy atom. The molecule has 0 fully saturated rings. The van der Waals surface area contributed by atoms with E-state index in [4.69, 9.17) is 0 Å². The Bertz CT molecular complexity index is 67.2. The molecule has 1 nitrogen and oxygen atoms in total. The van der Waals surface area contributed by atoms with Crippen molar-refractivity contribution in [3.05, 3.63) is 0 Å². The molecule has 4 heteroatoms. The van der Waals surface area contributed by atoms with Gasteiger partial charge in [-0.15, -0.1) is 0 Å². The van der Waals surface area contributed by atoms with E-state index in [0.29, 0.717) is 0 Å². The molecule has 0 heterocycles. The highest BCUT2D eigenvalue weighted by molar-refractivity contribution is 4.54. The molecule has 0 saturated carbocycles. The van der Waals surface area contributed by atoms with Gasteiger partial charge in [0, 0.05) is 6.61 Å². The van der Waals surface area contributed by atoms with Gasteiger partial charge < -0.3 is 4.74 Å². The second-order valence-corrected chi connectivity index (χ2v) is 1.51. The summed E-state index contributed by atoms with van der Waals surface area (Å²) in [7, 11) is 0. The van der Waals surface area contributed by atoms with Crippen molar-refractivity contribution in [2.75, 3.05) is 13.2 Å². The summed E-state index contributed by atoms with van der Waals surface area (Å²) in [6, 6.07) is 0. The third-order valence-electron chi connectivity index (χ3n) is 0.755. The fourth-order valence-electron chi connectivity index (χ4n) is 0.303. The summed E-state index contributed by atoms with van der Waals surface area (Å²) in [6.07, 6.45) is -5.05. The number of halogens is 3. The van der Waals surface area contributed by atoms with Crippen molar-refractivity contribution >= 4 is 0 Å². The lowest BCUT2D eigenvalue weighted by molar-refractivity contribution is -0.00730. The quantitative estimate of drug-likeness (QED) is 0.579. The molecule has 0 N–H and O–H groups in total. The van der Waals surface area contributed by atoms with E-state index < -0.39 is 19.2 Å². The zero-order valence-corrected chi connectivity index (χ0v) is 5.11. The van der Waals surface area contributed by atoms with Crippen LogP contribution in [-0.2, 0) is 4.74 Å². The van der Waals surface area contributed by atoms with Gasteiger partial charge in [-0.05, 0) is 6.92 Å². The number of alkyl halides is 3. The summed E-state index contributed by atoms with van der Waals surface area (Å²) in [6.45, 7) is 1.39. The van der Waals surface area contributed by atoms with Crippen LogP contribution in [0, 0.1) is 0 Å². The first kappa shape index (κ1) is 8.75. The van der Waals surface area contributed by atoms with Gasteiger partial charge in [0.05, 0.1) is 6.61 Å². The average molecular weight is 142 g/mol. The fraction of sp³-hybridized carbons (Fsp3) is 1.00. The Kier molecular flexibility index (Phi) is 4.48. The largest absolute Gasteiger partial charge is 0.378 e. The maximum Gasteiger partial charge on any atom is 0.271 e. The van der Waals surface area contributed by atoms with Crippen molar-refractivity contribution < 1.29 is 17.9 Å². The normalized spacial score (nSPS) is 14.3. The molecule has 0 rings (SSSR count). The second-order valence-electron chi connectivity index (χ2n) is 1.51. The first-order valence-electron chi connectivity index (χ1n) is 2.68. The summed E-state index contributed by atoms with van der Waals surface area (Å²) >= 11 is 0. The molecule has 0 aromatic rings. The Balaban J connectivity index is 3.16. The molecule has 9 heavy (non-hydrogen) atoms. The third-order valence-corrected chi connectivity index (χ3v) is 0.755. The minimum absolute atomic E-state index is 0.271. The molecule has 1 atom stereocenters. The molecular formula is C5H9F3O. The smallest absolute Gasteiger partial charge is 0.271 e. The molecule has 0 spiro atoms. The van der Waals surface area contributed by atoms with Crippen LogP contribution in [0.2, 0.25) is 0 Å². The topological polar surface area (TPSA) is 9.23 Å². The molecule has 0 aromatic heterocycles. The minimum atomic E-state index is -2.92. The van der Waals surface area contributed by atoms with Gasteiger partial charge in [0.15, 0.2) is 6.17 Å². The van der Waals surface area contributed by atoms with Gasteiger partial charge in [0.25, 0.3) is 6.43 Å². The van der Waals surface area contributed by atoms with Crippen LogP contribution in [0.1, 0.15) is 6.92 Å². The third kappa shape index (κ3) is 4.27. The van der Waals surface area contributed by atoms with E-state index in [-0.39, 0.29) is 6.61 Å². The molecule has 1 unspecified atom stereocenters. The maximum atomic E-state index is 11.8. The van der Waals surface area contributed by atoms with Crippen molar-refractivity contribution in [3.63, 3.8) is 0 Å². The van der Waals surface area contributed by atoms with Crippen molar-refractivity contribution in [3.8, 4) is 0 Å². The molecule has 0 bridgehead atoms. The highest BCUT2D eigenvalue weighted by Gasteiger charge is 2.18. The minimum Gasteiger partial charge on any atom is -0.378 e. The first-order chi connectivity index (χ1) is 4.18. The predicted molar refractivity (Wildman–Crippen MR) is 27.4 cm³/mol. The van der Waals surface area contributed by atoms with Crippen molar-refractivity contribution in [1.29, 1.82) is 0 Å². The highest BCUT2D eigenvalue weighted by Crippen LogP contribution is 2.04. The van der Waals surface area contributed by atoms with Gasteiger partial charge in [-0.2, -0.15) is 0 Å². The molecule has 0 radical (unpaired) electrons. The summed E-state index contributed by atoms with van der Waals surface area (Å²) in [4.78, 5) is 0. The molecule has 0 saturated heterocycles. The van der Waals surface area contributed by atoms with Crippen LogP contribution in [0.25, 0.3) is 0 Å². The van der Waals surface area contributed by atoms with Crippen LogP contribution >= 0.6 is 0 Å². The lowest BCUT2D eigenvalue weighted by Crippen LogP contribution is -2.18. The number of hydrogen-bond donors (Lipinski definition) is 0. The van der Waals surface area contributed by atoms with Gasteiger partial charge in [-0.1, -0.05) is 0 Å². The number of rotatable bonds is 4. The summed E-state index contributed by atoms with van der Waals surface area (Å²) < 4.78 is 38.8. The van der Waals surface area contributed by atoms with Crippen LogP contribution in [0.5, 0.6) is 0 Å². The van der Waals surface area contributed by atoms with Crippen LogP contribution in [0.4, 0.5) is 13.2 Å². The van der Waals surface area contributed by atoms with E-state index in [9.17, 15) is 13.2 Å². The van der Waals surface area contributed by atoms with Gasteiger partial charge in [0.1, 0.15) is 0 Å². The van der Waals surface area contributed by atoms with Crippen LogP contribution in [0.15, 0.2) is 0 Å². The van der Waals surface area contributed by atoms with Crippen molar-refractivity contribution in [2.24, 2.45) is 0 Å². The average Bonchev–Trinajstić information content (AvgIpc) is 1.82. The van der Waals surface area contributed by atoms with E-state index in [1.165, 1.54) is 0 Å². The van der Waals surface area contributed by atoms with E-state index in [1.54, 1.807) is 6.92 Å². The maximum absolute atomic E-state index is 11.8. The fourth-order valence-corrected chi connectivity index (χ4v) is 0.303. The zero-order chi connectivity index (χ0) is 7.28. The van der Waals surface area contributed by atoms with Crippen LogP contribution < -0.4 is 0 Å². The zero-order valence-electron chi connectivity index (χ0n) is 5.11. The first-order valence-corrected chi connectivity index (χ1v) is 2.68. The number of ether oxygens (including phenoxy) is 1. The highest BCUT2D eigenvalue weighted by atomic mass is 19.3. The molecular weight excluding hydrogens is 133 g/mol. The SMILES string of the molecule is CCOCC(F)C(F)F. The molecule has 0 aliphatic carbocycles. The lowest BCUT2D eigenvalue weighted by Gasteiger charge is -2.04. The van der Waals surface area contributed by atoms with Crippen molar-refractivity contribution in [2.45, 2.75) is 19.5 Å². The van der Waals surface area contributed by atoms with E-state index in [2.05, 4.69) is 4.74 Å². The lowest BCUT2D eigenvalue weighted by atomic mass is 10.4. The van der Waals surface area contributed by atoms with E-state index >= 15 is 0 Å². The Hall–Kier alpha value is -0.250. The Morgan fingerprint density at radius 2 is 1.89 bits per heavy atom.